The van der Waals surface area contributed by atoms with E-state index in [9.17, 15) is 70.2 Å². The van der Waals surface area contributed by atoms with Crippen LogP contribution in [0.25, 0.3) is 0 Å². The molecule has 0 fully saturated rings. The molecule has 0 aromatic heterocycles. The third kappa shape index (κ3) is 5.29. The summed E-state index contributed by atoms with van der Waals surface area (Å²) in [7, 11) is 0. The minimum absolute atomic E-state index is 0.216. The summed E-state index contributed by atoms with van der Waals surface area (Å²) < 4.78 is 225. The van der Waals surface area contributed by atoms with Crippen molar-refractivity contribution in [3.8, 4) is 0 Å². The maximum Gasteiger partial charge on any atom is 0.384 e. The van der Waals surface area contributed by atoms with Crippen molar-refractivity contribution in [2.24, 2.45) is 0 Å². The van der Waals surface area contributed by atoms with Gasteiger partial charge in [-0.3, -0.25) is 0 Å². The fourth-order valence-corrected chi connectivity index (χ4v) is 3.44. The predicted molar refractivity (Wildman–Crippen MR) is 110 cm³/mol. The average Bonchev–Trinajstić information content (AvgIpc) is 2.80. The topological polar surface area (TPSA) is 0 Å². The molecule has 0 N–H and O–H groups in total. The molecule has 0 bridgehead atoms. The quantitative estimate of drug-likeness (QED) is 0.212. The maximum absolute atomic E-state index is 14.1. The van der Waals surface area contributed by atoms with Crippen molar-refractivity contribution in [2.75, 3.05) is 0 Å². The molecule has 2 aromatic carbocycles. The van der Waals surface area contributed by atoms with Gasteiger partial charge in [-0.2, -0.15) is 70.2 Å². The van der Waals surface area contributed by atoms with Crippen LogP contribution in [0.4, 0.5) is 70.2 Å². The first kappa shape index (κ1) is 34.1. The van der Waals surface area contributed by atoms with E-state index in [0.717, 1.165) is 24.3 Å². The van der Waals surface area contributed by atoms with Crippen LogP contribution < -0.4 is 0 Å². The van der Waals surface area contributed by atoms with Crippen molar-refractivity contribution in [1.82, 2.24) is 0 Å². The van der Waals surface area contributed by atoms with Crippen LogP contribution in [-0.4, -0.2) is 47.4 Å². The lowest BCUT2D eigenvalue weighted by molar-refractivity contribution is -0.453. The minimum atomic E-state index is -8.46. The standard InChI is InChI=1S/C22H12Cl2F16/c23-13-5-1-11(2-6-13)9-15(25,26)17(29,30)19(33,34)21(37,38)22(39,40)20(35,36)18(31,32)16(27,28)10-12-3-7-14(24)8-4-12/h1-8H,9-10H2. The lowest BCUT2D eigenvalue weighted by Crippen LogP contribution is -2.75. The lowest BCUT2D eigenvalue weighted by Gasteiger charge is -2.43. The number of halogens is 18. The van der Waals surface area contributed by atoms with Crippen LogP contribution in [0, 0.1) is 0 Å². The van der Waals surface area contributed by atoms with Crippen LogP contribution in [0.15, 0.2) is 48.5 Å². The van der Waals surface area contributed by atoms with Crippen molar-refractivity contribution >= 4 is 23.2 Å². The number of alkyl halides is 16. The molecule has 0 aliphatic carbocycles. The van der Waals surface area contributed by atoms with Crippen molar-refractivity contribution < 1.29 is 70.2 Å². The number of rotatable bonds is 11. The Kier molecular flexibility index (Phi) is 8.79. The molecule has 2 rings (SSSR count). The van der Waals surface area contributed by atoms with Gasteiger partial charge >= 0.3 is 47.4 Å². The van der Waals surface area contributed by atoms with E-state index in [4.69, 9.17) is 23.2 Å². The van der Waals surface area contributed by atoms with Crippen molar-refractivity contribution in [3.63, 3.8) is 0 Å². The third-order valence-corrected chi connectivity index (χ3v) is 6.07. The van der Waals surface area contributed by atoms with Crippen molar-refractivity contribution in [3.05, 3.63) is 69.7 Å². The zero-order chi connectivity index (χ0) is 31.4. The molecule has 0 atom stereocenters. The second-order valence-corrected chi connectivity index (χ2v) is 9.33. The average molecular weight is 651 g/mol. The van der Waals surface area contributed by atoms with Gasteiger partial charge in [0.25, 0.3) is 0 Å². The summed E-state index contributed by atoms with van der Waals surface area (Å²) in [6.45, 7) is 0. The number of hydrogen-bond acceptors (Lipinski definition) is 0. The van der Waals surface area contributed by atoms with Gasteiger partial charge in [0.1, 0.15) is 0 Å². The molecule has 0 aliphatic heterocycles. The molecule has 40 heavy (non-hydrogen) atoms. The van der Waals surface area contributed by atoms with Gasteiger partial charge in [0.2, 0.25) is 0 Å². The number of hydrogen-bond donors (Lipinski definition) is 0. The Morgan fingerprint density at radius 2 is 0.550 bits per heavy atom. The smallest absolute Gasteiger partial charge is 0.199 e. The molecule has 0 radical (unpaired) electrons. The first-order chi connectivity index (χ1) is 17.7. The van der Waals surface area contributed by atoms with E-state index in [1.807, 2.05) is 0 Å². The SMILES string of the molecule is FC(F)(Cc1ccc(Cl)cc1)C(F)(F)C(F)(F)C(F)(F)C(F)(F)C(F)(F)C(F)(F)C(F)(F)Cc1ccc(Cl)cc1. The van der Waals surface area contributed by atoms with E-state index in [0.29, 0.717) is 24.3 Å². The molecule has 226 valence electrons. The van der Waals surface area contributed by atoms with Gasteiger partial charge in [0, 0.05) is 22.9 Å². The molecule has 0 heterocycles. The zero-order valence-electron chi connectivity index (χ0n) is 18.8. The van der Waals surface area contributed by atoms with Crippen LogP contribution in [0.1, 0.15) is 11.1 Å². The summed E-state index contributed by atoms with van der Waals surface area (Å²) in [5.74, 6) is -61.5. The highest BCUT2D eigenvalue weighted by molar-refractivity contribution is 6.30. The van der Waals surface area contributed by atoms with Gasteiger partial charge in [0.15, 0.2) is 0 Å². The van der Waals surface area contributed by atoms with Gasteiger partial charge < -0.3 is 0 Å². The minimum Gasteiger partial charge on any atom is -0.199 e. The predicted octanol–water partition coefficient (Wildman–Crippen LogP) is 9.86. The van der Waals surface area contributed by atoms with E-state index in [1.165, 1.54) is 0 Å². The molecule has 0 aliphatic rings. The first-order valence-electron chi connectivity index (χ1n) is 10.2. The van der Waals surface area contributed by atoms with E-state index in [2.05, 4.69) is 0 Å². The third-order valence-electron chi connectivity index (χ3n) is 5.57. The summed E-state index contributed by atoms with van der Waals surface area (Å²) >= 11 is 10.8. The van der Waals surface area contributed by atoms with Crippen LogP contribution in [-0.2, 0) is 12.8 Å². The maximum atomic E-state index is 14.1. The summed E-state index contributed by atoms with van der Waals surface area (Å²) in [6, 6.07) is 4.92. The Balaban J connectivity index is 2.52. The first-order valence-corrected chi connectivity index (χ1v) is 11.0. The van der Waals surface area contributed by atoms with Crippen LogP contribution in [0.2, 0.25) is 10.0 Å². The lowest BCUT2D eigenvalue weighted by atomic mass is 9.85. The second-order valence-electron chi connectivity index (χ2n) is 8.46. The highest BCUT2D eigenvalue weighted by Crippen LogP contribution is 2.64. The second kappa shape index (κ2) is 10.3. The monoisotopic (exact) mass is 650 g/mol. The molecule has 0 spiro atoms. The fraction of sp³-hybridized carbons (Fsp3) is 0.455. The largest absolute Gasteiger partial charge is 0.384 e. The Labute approximate surface area is 223 Å². The molecule has 0 saturated heterocycles. The van der Waals surface area contributed by atoms with Gasteiger partial charge in [-0.05, 0) is 35.4 Å². The normalized spacial score (nSPS) is 14.9. The zero-order valence-corrected chi connectivity index (χ0v) is 20.3. The molecule has 0 nitrogen and oxygen atoms in total. The summed E-state index contributed by atoms with van der Waals surface area (Å²) in [5.41, 5.74) is -2.03. The van der Waals surface area contributed by atoms with E-state index in [1.54, 1.807) is 0 Å². The molecule has 18 heteroatoms. The van der Waals surface area contributed by atoms with E-state index in [-0.39, 0.29) is 10.0 Å². The van der Waals surface area contributed by atoms with Crippen molar-refractivity contribution in [1.29, 1.82) is 0 Å². The van der Waals surface area contributed by atoms with Crippen LogP contribution in [0.5, 0.6) is 0 Å². The van der Waals surface area contributed by atoms with Crippen LogP contribution in [0.3, 0.4) is 0 Å². The van der Waals surface area contributed by atoms with Gasteiger partial charge in [0.05, 0.1) is 0 Å². The Morgan fingerprint density at radius 3 is 0.775 bits per heavy atom. The molecular weight excluding hydrogens is 639 g/mol. The highest BCUT2D eigenvalue weighted by Gasteiger charge is 2.94. The van der Waals surface area contributed by atoms with E-state index < -0.39 is 71.3 Å². The summed E-state index contributed by atoms with van der Waals surface area (Å²) in [4.78, 5) is 0. The summed E-state index contributed by atoms with van der Waals surface area (Å²) in [5, 5.41) is -0.433. The number of benzene rings is 2. The fourth-order valence-electron chi connectivity index (χ4n) is 3.19. The molecule has 0 saturated carbocycles. The summed E-state index contributed by atoms with van der Waals surface area (Å²) in [6.07, 6.45) is -5.17. The van der Waals surface area contributed by atoms with E-state index >= 15 is 0 Å². The molecule has 0 amide bonds. The van der Waals surface area contributed by atoms with Gasteiger partial charge in [-0.15, -0.1) is 0 Å². The molecule has 0 unspecified atom stereocenters. The Bertz CT molecular complexity index is 1080. The van der Waals surface area contributed by atoms with Crippen molar-refractivity contribution in [2.45, 2.75) is 60.2 Å². The highest BCUT2D eigenvalue weighted by atomic mass is 35.5. The molecular formula is C22H12Cl2F16. The Morgan fingerprint density at radius 1 is 0.350 bits per heavy atom. The molecule has 2 aromatic rings. The van der Waals surface area contributed by atoms with Gasteiger partial charge in [-0.25, -0.2) is 0 Å². The van der Waals surface area contributed by atoms with Gasteiger partial charge in [-0.1, -0.05) is 47.5 Å². The Hall–Kier alpha value is -2.10. The van der Waals surface area contributed by atoms with Crippen LogP contribution >= 0.6 is 23.2 Å².